The number of aliphatic hydroxyl groups excluding tert-OH is 1. The fourth-order valence-electron chi connectivity index (χ4n) is 5.99. The Bertz CT molecular complexity index is 2950. The van der Waals surface area contributed by atoms with Gasteiger partial charge in [0.05, 0.1) is 45.9 Å². The van der Waals surface area contributed by atoms with Crippen LogP contribution in [0.1, 0.15) is 54.9 Å². The summed E-state index contributed by atoms with van der Waals surface area (Å²) in [5.41, 5.74) is 10.3. The number of amides is 3. The number of nitriles is 1. The molecule has 0 spiro atoms. The third-order valence-electron chi connectivity index (χ3n) is 8.96. The van der Waals surface area contributed by atoms with Gasteiger partial charge in [-0.25, -0.2) is 23.1 Å². The Labute approximate surface area is 362 Å². The zero-order valence-corrected chi connectivity index (χ0v) is 34.1. The van der Waals surface area contributed by atoms with Gasteiger partial charge in [0.1, 0.15) is 29.1 Å². The first-order valence-electron chi connectivity index (χ1n) is 18.5. The second kappa shape index (κ2) is 20.1. The molecule has 8 rings (SSSR count). The molecule has 0 atom stereocenters. The number of nitrogens with two attached hydrogens (primary N) is 1. The minimum absolute atomic E-state index is 0.0491. The van der Waals surface area contributed by atoms with Crippen LogP contribution in [0.25, 0.3) is 33.2 Å². The van der Waals surface area contributed by atoms with Gasteiger partial charge >= 0.3 is 0 Å². The Morgan fingerprint density at radius 1 is 0.710 bits per heavy atom. The SMILES string of the molecule is CCO.N#Cc1cc(Cl)c(CNC(=O)c2cccc3c2cnn3-c2ccc(F)cc2)cn1.NC(=O)c1cc(Cl)c(CNC(=O)c2cccc3c2cnn3-c2ccc(F)cc2)cn1. The van der Waals surface area contributed by atoms with Crippen LogP contribution in [0.3, 0.4) is 0 Å². The van der Waals surface area contributed by atoms with E-state index in [-0.39, 0.29) is 59.6 Å². The van der Waals surface area contributed by atoms with Crippen molar-refractivity contribution >= 4 is 62.7 Å². The van der Waals surface area contributed by atoms with E-state index < -0.39 is 5.91 Å². The van der Waals surface area contributed by atoms with Gasteiger partial charge in [-0.2, -0.15) is 15.5 Å². The van der Waals surface area contributed by atoms with Gasteiger partial charge in [0.2, 0.25) is 0 Å². The smallest absolute Gasteiger partial charge is 0.267 e. The molecule has 0 aliphatic carbocycles. The molecule has 0 radical (unpaired) electrons. The molecule has 0 bridgehead atoms. The normalized spacial score (nSPS) is 10.5. The molecule has 0 saturated heterocycles. The molecule has 62 heavy (non-hydrogen) atoms. The van der Waals surface area contributed by atoms with Gasteiger partial charge in [-0.15, -0.1) is 0 Å². The summed E-state index contributed by atoms with van der Waals surface area (Å²) in [6.07, 6.45) is 6.05. The molecular weight excluding hydrogens is 841 g/mol. The van der Waals surface area contributed by atoms with Crippen LogP contribution >= 0.6 is 23.2 Å². The molecule has 0 aliphatic rings. The van der Waals surface area contributed by atoms with Gasteiger partial charge in [0, 0.05) is 64.0 Å². The second-order valence-electron chi connectivity index (χ2n) is 13.0. The molecule has 0 fully saturated rings. The molecule has 0 aliphatic heterocycles. The maximum Gasteiger partial charge on any atom is 0.267 e. The monoisotopic (exact) mass is 874 g/mol. The highest BCUT2D eigenvalue weighted by atomic mass is 35.5. The van der Waals surface area contributed by atoms with Crippen LogP contribution in [0.5, 0.6) is 0 Å². The molecule has 4 aromatic heterocycles. The molecule has 14 nitrogen and oxygen atoms in total. The van der Waals surface area contributed by atoms with E-state index in [1.807, 2.05) is 18.2 Å². The van der Waals surface area contributed by atoms with E-state index in [1.54, 1.807) is 77.2 Å². The van der Waals surface area contributed by atoms with Crippen LogP contribution in [-0.4, -0.2) is 59.0 Å². The van der Waals surface area contributed by atoms with E-state index >= 15 is 0 Å². The van der Waals surface area contributed by atoms with Crippen LogP contribution < -0.4 is 16.4 Å². The molecule has 5 N–H and O–H groups in total. The fraction of sp³-hybridized carbons (Fsp3) is 0.0909. The maximum atomic E-state index is 13.2. The first-order valence-corrected chi connectivity index (χ1v) is 19.3. The summed E-state index contributed by atoms with van der Waals surface area (Å²) in [4.78, 5) is 44.6. The zero-order chi connectivity index (χ0) is 44.3. The van der Waals surface area contributed by atoms with E-state index in [0.717, 1.165) is 5.52 Å². The van der Waals surface area contributed by atoms with Gasteiger partial charge < -0.3 is 21.5 Å². The van der Waals surface area contributed by atoms with Crippen LogP contribution in [0, 0.1) is 23.0 Å². The minimum Gasteiger partial charge on any atom is -0.397 e. The average molecular weight is 876 g/mol. The van der Waals surface area contributed by atoms with Gasteiger partial charge in [-0.1, -0.05) is 35.3 Å². The number of hydrogen-bond donors (Lipinski definition) is 4. The number of rotatable bonds is 9. The van der Waals surface area contributed by atoms with E-state index in [9.17, 15) is 23.2 Å². The van der Waals surface area contributed by atoms with Crippen molar-refractivity contribution in [3.63, 3.8) is 0 Å². The van der Waals surface area contributed by atoms with Crippen LogP contribution in [-0.2, 0) is 13.1 Å². The summed E-state index contributed by atoms with van der Waals surface area (Å²) < 4.78 is 29.7. The number of aromatic nitrogens is 6. The van der Waals surface area contributed by atoms with Crippen molar-refractivity contribution in [1.82, 2.24) is 40.2 Å². The number of halogens is 4. The molecule has 312 valence electrons. The van der Waals surface area contributed by atoms with Gasteiger partial charge in [-0.3, -0.25) is 19.4 Å². The lowest BCUT2D eigenvalue weighted by molar-refractivity contribution is 0.0944. The summed E-state index contributed by atoms with van der Waals surface area (Å²) in [6, 6.07) is 27.1. The Hall–Kier alpha value is -7.58. The first-order chi connectivity index (χ1) is 29.9. The largest absolute Gasteiger partial charge is 0.397 e. The number of pyridine rings is 2. The predicted molar refractivity (Wildman–Crippen MR) is 229 cm³/mol. The average Bonchev–Trinajstić information content (AvgIpc) is 3.91. The third-order valence-corrected chi connectivity index (χ3v) is 9.67. The number of primary amides is 1. The summed E-state index contributed by atoms with van der Waals surface area (Å²) in [5, 5.41) is 32.6. The summed E-state index contributed by atoms with van der Waals surface area (Å²) in [7, 11) is 0. The standard InChI is InChI=1S/C21H15ClFN5O2.C21H13ClFN5O.C2H6O/c22-17-8-18(20(24)29)25-9-12(17)10-26-21(30)15-2-1-3-19-16(15)11-27-28(19)14-6-4-13(23)5-7-14;22-19-8-15(9-24)25-10-13(19)11-26-21(29)17-2-1-3-20-18(17)12-27-28(20)16-6-4-14(23)5-7-16;1-2-3/h1-9,11H,10H2,(H2,24,29)(H,26,30);1-8,10,12H,11H2,(H,26,29);3H,2H2,1H3. The van der Waals surface area contributed by atoms with Crippen molar-refractivity contribution in [2.24, 2.45) is 5.73 Å². The predicted octanol–water partition coefficient (Wildman–Crippen LogP) is 7.26. The molecule has 8 aromatic rings. The lowest BCUT2D eigenvalue weighted by Gasteiger charge is -2.09. The molecule has 3 amide bonds. The van der Waals surface area contributed by atoms with Crippen molar-refractivity contribution in [1.29, 1.82) is 5.26 Å². The van der Waals surface area contributed by atoms with Crippen molar-refractivity contribution in [2.75, 3.05) is 6.61 Å². The van der Waals surface area contributed by atoms with Crippen LogP contribution in [0.2, 0.25) is 10.0 Å². The number of carbonyl (C=O) groups is 3. The van der Waals surface area contributed by atoms with Crippen molar-refractivity contribution in [3.05, 3.63) is 177 Å². The van der Waals surface area contributed by atoms with E-state index in [1.165, 1.54) is 48.8 Å². The molecular formula is C44H34Cl2F2N10O4. The van der Waals surface area contributed by atoms with E-state index in [4.69, 9.17) is 39.3 Å². The van der Waals surface area contributed by atoms with Gasteiger partial charge in [0.15, 0.2) is 0 Å². The number of benzene rings is 4. The number of carbonyl (C=O) groups excluding carboxylic acids is 3. The Kier molecular flexibility index (Phi) is 14.3. The zero-order valence-electron chi connectivity index (χ0n) is 32.6. The highest BCUT2D eigenvalue weighted by Gasteiger charge is 2.17. The highest BCUT2D eigenvalue weighted by Crippen LogP contribution is 2.25. The number of fused-ring (bicyclic) bond motifs is 2. The molecule has 0 unspecified atom stereocenters. The molecule has 18 heteroatoms. The summed E-state index contributed by atoms with van der Waals surface area (Å²) in [6.45, 7) is 2.21. The van der Waals surface area contributed by atoms with Gasteiger partial charge in [-0.05, 0) is 91.9 Å². The topological polar surface area (TPSA) is 207 Å². The van der Waals surface area contributed by atoms with Crippen molar-refractivity contribution in [3.8, 4) is 17.4 Å². The van der Waals surface area contributed by atoms with Crippen molar-refractivity contribution in [2.45, 2.75) is 20.0 Å². The Morgan fingerprint density at radius 2 is 1.15 bits per heavy atom. The van der Waals surface area contributed by atoms with Crippen LogP contribution in [0.4, 0.5) is 8.78 Å². The van der Waals surface area contributed by atoms with Crippen LogP contribution in [0.15, 0.2) is 122 Å². The Balaban J connectivity index is 0.000000195. The number of nitrogens with zero attached hydrogens (tertiary/aromatic N) is 7. The maximum absolute atomic E-state index is 13.2. The molecule has 0 saturated carbocycles. The number of nitrogens with one attached hydrogen (secondary N) is 2. The second-order valence-corrected chi connectivity index (χ2v) is 13.8. The number of hydrogen-bond acceptors (Lipinski definition) is 9. The third kappa shape index (κ3) is 10.2. The van der Waals surface area contributed by atoms with Gasteiger partial charge in [0.25, 0.3) is 17.7 Å². The lowest BCUT2D eigenvalue weighted by atomic mass is 10.1. The lowest BCUT2D eigenvalue weighted by Crippen LogP contribution is -2.23. The molecule has 4 heterocycles. The number of aliphatic hydroxyl groups is 1. The van der Waals surface area contributed by atoms with E-state index in [2.05, 4.69) is 30.8 Å². The highest BCUT2D eigenvalue weighted by molar-refractivity contribution is 6.32. The van der Waals surface area contributed by atoms with Crippen molar-refractivity contribution < 1.29 is 28.3 Å². The summed E-state index contributed by atoms with van der Waals surface area (Å²) >= 11 is 12.3. The molecule has 4 aromatic carbocycles. The fourth-order valence-corrected chi connectivity index (χ4v) is 6.43. The quantitative estimate of drug-likeness (QED) is 0.115. The Morgan fingerprint density at radius 3 is 1.55 bits per heavy atom. The van der Waals surface area contributed by atoms with E-state index in [0.29, 0.717) is 54.9 Å². The summed E-state index contributed by atoms with van der Waals surface area (Å²) in [5.74, 6) is -1.98. The minimum atomic E-state index is -0.683. The first kappa shape index (κ1) is 44.0.